The van der Waals surface area contributed by atoms with Crippen molar-refractivity contribution >= 4 is 6.72 Å². The molecule has 22 heavy (non-hydrogen) atoms. The molecule has 2 unspecified atom stereocenters. The molecule has 0 aromatic heterocycles. The molecular formula is C17H21FN2O2. The highest BCUT2D eigenvalue weighted by Crippen LogP contribution is 2.32. The van der Waals surface area contributed by atoms with E-state index in [0.29, 0.717) is 19.3 Å². The average molecular weight is 304 g/mol. The molecule has 0 saturated carbocycles. The summed E-state index contributed by atoms with van der Waals surface area (Å²) in [5, 5.41) is 3.43. The third-order valence-corrected chi connectivity index (χ3v) is 3.80. The molecule has 5 heteroatoms. The van der Waals surface area contributed by atoms with Gasteiger partial charge in [-0.05, 0) is 36.6 Å². The summed E-state index contributed by atoms with van der Waals surface area (Å²) in [5.41, 5.74) is 8.24. The van der Waals surface area contributed by atoms with Gasteiger partial charge in [0.25, 0.3) is 0 Å². The van der Waals surface area contributed by atoms with Crippen LogP contribution < -0.4 is 10.5 Å². The van der Waals surface area contributed by atoms with Crippen molar-refractivity contribution < 1.29 is 14.0 Å². The van der Waals surface area contributed by atoms with E-state index in [4.69, 9.17) is 15.3 Å². The zero-order valence-electron chi connectivity index (χ0n) is 12.7. The second-order valence-electron chi connectivity index (χ2n) is 5.22. The van der Waals surface area contributed by atoms with Gasteiger partial charge in [-0.1, -0.05) is 23.8 Å². The Hall–Kier alpha value is -2.14. The number of halogens is 1. The fourth-order valence-corrected chi connectivity index (χ4v) is 2.54. The summed E-state index contributed by atoms with van der Waals surface area (Å²) in [5.74, 6) is 0.607. The fraction of sp³-hybridized carbons (Fsp3) is 0.353. The lowest BCUT2D eigenvalue weighted by Gasteiger charge is -2.24. The molecule has 0 amide bonds. The first-order chi connectivity index (χ1) is 10.6. The van der Waals surface area contributed by atoms with E-state index in [0.717, 1.165) is 16.9 Å². The van der Waals surface area contributed by atoms with E-state index in [9.17, 15) is 4.39 Å². The Labute approximate surface area is 130 Å². The van der Waals surface area contributed by atoms with Gasteiger partial charge in [0, 0.05) is 19.1 Å². The van der Waals surface area contributed by atoms with Crippen LogP contribution in [0.2, 0.25) is 0 Å². The summed E-state index contributed by atoms with van der Waals surface area (Å²) in [4.78, 5) is 5.12. The molecule has 2 rings (SSSR count). The Morgan fingerprint density at radius 2 is 2.00 bits per heavy atom. The molecule has 0 heterocycles. The van der Waals surface area contributed by atoms with Gasteiger partial charge in [0.1, 0.15) is 11.6 Å². The number of oxime groups is 1. The molecular weight excluding hydrogens is 283 g/mol. The second-order valence-corrected chi connectivity index (χ2v) is 5.22. The zero-order valence-corrected chi connectivity index (χ0v) is 12.7. The molecule has 1 aliphatic rings. The third-order valence-electron chi connectivity index (χ3n) is 3.80. The molecule has 0 aliphatic heterocycles. The lowest BCUT2D eigenvalue weighted by Crippen LogP contribution is -2.30. The summed E-state index contributed by atoms with van der Waals surface area (Å²) in [6, 6.07) is 7.67. The van der Waals surface area contributed by atoms with Crippen molar-refractivity contribution in [1.82, 2.24) is 0 Å². The molecule has 0 saturated heterocycles. The largest absolute Gasteiger partial charge is 0.497 e. The Balaban J connectivity index is 2.20. The summed E-state index contributed by atoms with van der Waals surface area (Å²) in [6.45, 7) is 3.31. The molecule has 1 aromatic rings. The van der Waals surface area contributed by atoms with Gasteiger partial charge in [-0.25, -0.2) is 4.39 Å². The first-order valence-electron chi connectivity index (χ1n) is 7.19. The topological polar surface area (TPSA) is 56.8 Å². The van der Waals surface area contributed by atoms with Crippen LogP contribution in [0.5, 0.6) is 5.75 Å². The number of rotatable bonds is 7. The number of methoxy groups -OCH3 is 1. The Kier molecular flexibility index (Phi) is 5.72. The lowest BCUT2D eigenvalue weighted by molar-refractivity contribution is 0.0449. The van der Waals surface area contributed by atoms with Crippen LogP contribution in [0.15, 0.2) is 53.0 Å². The molecule has 0 spiro atoms. The molecule has 4 nitrogen and oxygen atoms in total. The second kappa shape index (κ2) is 7.75. The quantitative estimate of drug-likeness (QED) is 0.475. The third kappa shape index (κ3) is 4.18. The minimum atomic E-state index is -0.609. The van der Waals surface area contributed by atoms with Gasteiger partial charge in [0.05, 0.1) is 7.11 Å². The number of hydrogen-bond acceptors (Lipinski definition) is 4. The number of allylic oxidation sites excluding steroid dienone is 4. The van der Waals surface area contributed by atoms with E-state index >= 15 is 0 Å². The number of ether oxygens (including phenoxy) is 1. The lowest BCUT2D eigenvalue weighted by atomic mass is 9.87. The monoisotopic (exact) mass is 304 g/mol. The van der Waals surface area contributed by atoms with Crippen molar-refractivity contribution in [2.24, 2.45) is 10.9 Å². The molecule has 0 radical (unpaired) electrons. The van der Waals surface area contributed by atoms with E-state index < -0.39 is 6.23 Å². The summed E-state index contributed by atoms with van der Waals surface area (Å²) in [7, 11) is 1.62. The van der Waals surface area contributed by atoms with Gasteiger partial charge in [-0.15, -0.1) is 5.16 Å². The molecule has 2 N–H and O–H groups in total. The Morgan fingerprint density at radius 1 is 1.27 bits per heavy atom. The standard InChI is InChI=1S/C17H21FN2O2/c1-20-22-17(19)16(11-12-3-7-14(18)8-4-12)13-5-9-15(21-2)10-6-13/h3,5-7,9-10,16-17H,1,4,8,11,19H2,2H3. The molecule has 0 fully saturated rings. The predicted octanol–water partition coefficient (Wildman–Crippen LogP) is 3.66. The zero-order chi connectivity index (χ0) is 15.9. The van der Waals surface area contributed by atoms with Crippen LogP contribution in [0.3, 0.4) is 0 Å². The van der Waals surface area contributed by atoms with Gasteiger partial charge in [0.2, 0.25) is 0 Å². The molecule has 118 valence electrons. The molecule has 0 bridgehead atoms. The number of benzene rings is 1. The van der Waals surface area contributed by atoms with Crippen molar-refractivity contribution in [3.8, 4) is 5.75 Å². The van der Waals surface area contributed by atoms with Gasteiger partial charge in [0.15, 0.2) is 6.23 Å². The smallest absolute Gasteiger partial charge is 0.183 e. The maximum Gasteiger partial charge on any atom is 0.183 e. The molecule has 2 atom stereocenters. The van der Waals surface area contributed by atoms with Crippen LogP contribution >= 0.6 is 0 Å². The number of nitrogens with zero attached hydrogens (tertiary/aromatic N) is 1. The summed E-state index contributed by atoms with van der Waals surface area (Å²) >= 11 is 0. The minimum Gasteiger partial charge on any atom is -0.497 e. The van der Waals surface area contributed by atoms with E-state index in [-0.39, 0.29) is 11.7 Å². The highest BCUT2D eigenvalue weighted by Gasteiger charge is 2.23. The summed E-state index contributed by atoms with van der Waals surface area (Å²) in [6.07, 6.45) is 4.56. The first-order valence-corrected chi connectivity index (χ1v) is 7.19. The minimum absolute atomic E-state index is 0.0851. The van der Waals surface area contributed by atoms with Crippen molar-refractivity contribution in [3.63, 3.8) is 0 Å². The van der Waals surface area contributed by atoms with Gasteiger partial charge in [-0.2, -0.15) is 0 Å². The maximum atomic E-state index is 13.1. The highest BCUT2D eigenvalue weighted by atomic mass is 19.1. The van der Waals surface area contributed by atoms with Crippen molar-refractivity contribution in [3.05, 3.63) is 53.4 Å². The van der Waals surface area contributed by atoms with Crippen LogP contribution in [-0.2, 0) is 4.84 Å². The number of nitrogens with two attached hydrogens (primary N) is 1. The van der Waals surface area contributed by atoms with Crippen LogP contribution in [0.25, 0.3) is 0 Å². The van der Waals surface area contributed by atoms with Gasteiger partial charge < -0.3 is 9.57 Å². The SMILES string of the molecule is C=NOC(N)C(CC1=CC=C(F)CC1)c1ccc(OC)cc1. The maximum absolute atomic E-state index is 13.1. The van der Waals surface area contributed by atoms with E-state index in [2.05, 4.69) is 11.9 Å². The van der Waals surface area contributed by atoms with Crippen molar-refractivity contribution in [1.29, 1.82) is 0 Å². The van der Waals surface area contributed by atoms with E-state index in [1.807, 2.05) is 30.3 Å². The first kappa shape index (κ1) is 16.2. The van der Waals surface area contributed by atoms with Crippen molar-refractivity contribution in [2.45, 2.75) is 31.4 Å². The summed E-state index contributed by atoms with van der Waals surface area (Å²) < 4.78 is 18.3. The molecule has 1 aromatic carbocycles. The Bertz CT molecular complexity index is 567. The van der Waals surface area contributed by atoms with Gasteiger partial charge in [-0.3, -0.25) is 5.73 Å². The van der Waals surface area contributed by atoms with Gasteiger partial charge >= 0.3 is 0 Å². The Morgan fingerprint density at radius 3 is 2.55 bits per heavy atom. The predicted molar refractivity (Wildman–Crippen MR) is 85.5 cm³/mol. The van der Waals surface area contributed by atoms with E-state index in [1.54, 1.807) is 7.11 Å². The van der Waals surface area contributed by atoms with Crippen LogP contribution in [0, 0.1) is 0 Å². The average Bonchev–Trinajstić information content (AvgIpc) is 2.54. The fourth-order valence-electron chi connectivity index (χ4n) is 2.54. The highest BCUT2D eigenvalue weighted by molar-refractivity contribution is 5.32. The van der Waals surface area contributed by atoms with Crippen LogP contribution in [0.1, 0.15) is 30.7 Å². The van der Waals surface area contributed by atoms with Crippen molar-refractivity contribution in [2.75, 3.05) is 7.11 Å². The van der Waals surface area contributed by atoms with Crippen LogP contribution in [0.4, 0.5) is 4.39 Å². The van der Waals surface area contributed by atoms with Crippen LogP contribution in [-0.4, -0.2) is 20.1 Å². The van der Waals surface area contributed by atoms with E-state index in [1.165, 1.54) is 6.08 Å². The normalized spacial score (nSPS) is 17.0. The molecule has 1 aliphatic carbocycles. The number of hydrogen-bond donors (Lipinski definition) is 1.